The van der Waals surface area contributed by atoms with Gasteiger partial charge in [0.25, 0.3) is 5.91 Å². The van der Waals surface area contributed by atoms with Gasteiger partial charge in [-0.3, -0.25) is 9.48 Å². The Morgan fingerprint density at radius 1 is 1.47 bits per heavy atom. The van der Waals surface area contributed by atoms with Crippen molar-refractivity contribution in [2.75, 3.05) is 13.1 Å². The Kier molecular flexibility index (Phi) is 2.73. The van der Waals surface area contributed by atoms with Crippen LogP contribution in [0.4, 0.5) is 0 Å². The highest BCUT2D eigenvalue weighted by Gasteiger charge is 2.35. The van der Waals surface area contributed by atoms with Crippen LogP contribution >= 0.6 is 0 Å². The van der Waals surface area contributed by atoms with Crippen LogP contribution in [-0.2, 0) is 7.05 Å². The molecule has 0 aromatic carbocycles. The fourth-order valence-electron chi connectivity index (χ4n) is 2.36. The lowest BCUT2D eigenvalue weighted by Gasteiger charge is -2.19. The average Bonchev–Trinajstić information content (AvgIpc) is 2.68. The van der Waals surface area contributed by atoms with Crippen LogP contribution in [0, 0.1) is 13.8 Å². The molecule has 2 rings (SSSR count). The van der Waals surface area contributed by atoms with Crippen molar-refractivity contribution >= 4 is 5.91 Å². The van der Waals surface area contributed by atoms with Crippen LogP contribution in [0.25, 0.3) is 0 Å². The van der Waals surface area contributed by atoms with E-state index in [0.29, 0.717) is 25.1 Å². The smallest absolute Gasteiger partial charge is 0.257 e. The lowest BCUT2D eigenvalue weighted by Crippen LogP contribution is -2.34. The van der Waals surface area contributed by atoms with E-state index in [9.17, 15) is 9.90 Å². The Morgan fingerprint density at radius 3 is 2.53 bits per heavy atom. The molecule has 1 N–H and O–H groups in total. The highest BCUT2D eigenvalue weighted by Crippen LogP contribution is 2.24. The molecule has 1 saturated heterocycles. The van der Waals surface area contributed by atoms with Crippen molar-refractivity contribution in [1.29, 1.82) is 0 Å². The molecular weight excluding hydrogens is 218 g/mol. The highest BCUT2D eigenvalue weighted by atomic mass is 16.3. The minimum absolute atomic E-state index is 0.0223. The van der Waals surface area contributed by atoms with Gasteiger partial charge in [-0.15, -0.1) is 0 Å². The Hall–Kier alpha value is -1.36. The number of amides is 1. The van der Waals surface area contributed by atoms with Gasteiger partial charge >= 0.3 is 0 Å². The lowest BCUT2D eigenvalue weighted by atomic mass is 10.1. The molecule has 1 aliphatic heterocycles. The van der Waals surface area contributed by atoms with Gasteiger partial charge in [0.05, 0.1) is 16.9 Å². The average molecular weight is 237 g/mol. The van der Waals surface area contributed by atoms with Crippen LogP contribution in [0.2, 0.25) is 0 Å². The fourth-order valence-corrected chi connectivity index (χ4v) is 2.36. The number of hydrogen-bond donors (Lipinski definition) is 1. The molecule has 0 radical (unpaired) electrons. The van der Waals surface area contributed by atoms with Crippen LogP contribution < -0.4 is 0 Å². The van der Waals surface area contributed by atoms with Gasteiger partial charge in [0, 0.05) is 25.8 Å². The number of nitrogens with zero attached hydrogens (tertiary/aromatic N) is 3. The summed E-state index contributed by atoms with van der Waals surface area (Å²) in [4.78, 5) is 14.1. The second-order valence-electron chi connectivity index (χ2n) is 5.14. The maximum atomic E-state index is 12.4. The molecule has 1 unspecified atom stereocenters. The summed E-state index contributed by atoms with van der Waals surface area (Å²) in [6.45, 7) is 6.51. The number of carbonyl (C=O) groups is 1. The van der Waals surface area contributed by atoms with Gasteiger partial charge in [-0.25, -0.2) is 0 Å². The molecule has 1 amide bonds. The number of rotatable bonds is 1. The molecule has 0 bridgehead atoms. The summed E-state index contributed by atoms with van der Waals surface area (Å²) in [5.41, 5.74) is 1.55. The molecule has 1 atom stereocenters. The third kappa shape index (κ3) is 2.07. The number of aryl methyl sites for hydroxylation is 2. The van der Waals surface area contributed by atoms with Crippen LogP contribution in [0.15, 0.2) is 0 Å². The zero-order valence-electron chi connectivity index (χ0n) is 10.8. The van der Waals surface area contributed by atoms with Crippen molar-refractivity contribution in [3.05, 3.63) is 17.0 Å². The van der Waals surface area contributed by atoms with Crippen molar-refractivity contribution in [3.8, 4) is 0 Å². The quantitative estimate of drug-likeness (QED) is 0.779. The van der Waals surface area contributed by atoms with E-state index in [4.69, 9.17) is 0 Å². The summed E-state index contributed by atoms with van der Waals surface area (Å²) in [5.74, 6) is -0.0223. The minimum Gasteiger partial charge on any atom is -0.388 e. The number of aliphatic hydroxyl groups is 1. The molecule has 1 fully saturated rings. The molecule has 0 aliphatic carbocycles. The minimum atomic E-state index is -0.750. The Labute approximate surface area is 101 Å². The van der Waals surface area contributed by atoms with Gasteiger partial charge in [0.15, 0.2) is 0 Å². The van der Waals surface area contributed by atoms with Crippen molar-refractivity contribution in [3.63, 3.8) is 0 Å². The monoisotopic (exact) mass is 237 g/mol. The summed E-state index contributed by atoms with van der Waals surface area (Å²) in [7, 11) is 1.83. The normalized spacial score (nSPS) is 24.4. The third-order valence-corrected chi connectivity index (χ3v) is 3.46. The van der Waals surface area contributed by atoms with E-state index in [1.54, 1.807) is 16.5 Å². The summed E-state index contributed by atoms with van der Waals surface area (Å²) < 4.78 is 1.72. The molecule has 1 aromatic heterocycles. The van der Waals surface area contributed by atoms with Gasteiger partial charge in [-0.1, -0.05) is 0 Å². The molecule has 17 heavy (non-hydrogen) atoms. The maximum Gasteiger partial charge on any atom is 0.257 e. The van der Waals surface area contributed by atoms with Gasteiger partial charge in [-0.05, 0) is 27.2 Å². The van der Waals surface area contributed by atoms with Gasteiger partial charge in [-0.2, -0.15) is 5.10 Å². The van der Waals surface area contributed by atoms with Crippen LogP contribution in [0.1, 0.15) is 35.1 Å². The van der Waals surface area contributed by atoms with Crippen molar-refractivity contribution in [1.82, 2.24) is 14.7 Å². The van der Waals surface area contributed by atoms with Crippen LogP contribution in [0.3, 0.4) is 0 Å². The summed E-state index contributed by atoms with van der Waals surface area (Å²) >= 11 is 0. The first kappa shape index (κ1) is 12.1. The Morgan fingerprint density at radius 2 is 2.12 bits per heavy atom. The third-order valence-electron chi connectivity index (χ3n) is 3.46. The summed E-state index contributed by atoms with van der Waals surface area (Å²) in [6, 6.07) is 0. The number of likely N-dealkylation sites (tertiary alicyclic amines) is 1. The van der Waals surface area contributed by atoms with Gasteiger partial charge in [0.2, 0.25) is 0 Å². The topological polar surface area (TPSA) is 58.4 Å². The molecular formula is C12H19N3O2. The van der Waals surface area contributed by atoms with E-state index in [-0.39, 0.29) is 5.91 Å². The number of β-amino-alcohol motifs (C(OH)–C–C–N with tert-alkyl or cyclic N) is 1. The molecule has 5 heteroatoms. The molecule has 2 heterocycles. The van der Waals surface area contributed by atoms with E-state index in [1.165, 1.54) is 0 Å². The highest BCUT2D eigenvalue weighted by molar-refractivity contribution is 5.96. The molecule has 0 spiro atoms. The summed E-state index contributed by atoms with van der Waals surface area (Å²) in [5, 5.41) is 14.1. The first-order valence-corrected chi connectivity index (χ1v) is 5.84. The summed E-state index contributed by atoms with van der Waals surface area (Å²) in [6.07, 6.45) is 0.636. The van der Waals surface area contributed by atoms with Crippen molar-refractivity contribution in [2.24, 2.45) is 7.05 Å². The standard InChI is InChI=1S/C12H19N3O2/c1-8-10(9(2)14(4)13-8)11(16)15-6-5-12(3,17)7-15/h17H,5-7H2,1-4H3. The number of carbonyl (C=O) groups excluding carboxylic acids is 1. The zero-order chi connectivity index (χ0) is 12.8. The second-order valence-corrected chi connectivity index (χ2v) is 5.14. The fraction of sp³-hybridized carbons (Fsp3) is 0.667. The van der Waals surface area contributed by atoms with Gasteiger partial charge in [0.1, 0.15) is 0 Å². The SMILES string of the molecule is Cc1nn(C)c(C)c1C(=O)N1CCC(C)(O)C1. The van der Waals surface area contributed by atoms with Crippen LogP contribution in [0.5, 0.6) is 0 Å². The second kappa shape index (κ2) is 3.84. The zero-order valence-corrected chi connectivity index (χ0v) is 10.8. The van der Waals surface area contributed by atoms with E-state index in [0.717, 1.165) is 11.4 Å². The number of hydrogen-bond acceptors (Lipinski definition) is 3. The Bertz CT molecular complexity index is 463. The van der Waals surface area contributed by atoms with E-state index in [1.807, 2.05) is 20.9 Å². The predicted molar refractivity (Wildman–Crippen MR) is 63.8 cm³/mol. The first-order valence-electron chi connectivity index (χ1n) is 5.84. The maximum absolute atomic E-state index is 12.4. The molecule has 0 saturated carbocycles. The van der Waals surface area contributed by atoms with E-state index < -0.39 is 5.60 Å². The van der Waals surface area contributed by atoms with E-state index in [2.05, 4.69) is 5.10 Å². The van der Waals surface area contributed by atoms with Crippen molar-refractivity contribution < 1.29 is 9.90 Å². The van der Waals surface area contributed by atoms with Gasteiger partial charge < -0.3 is 10.0 Å². The number of aromatic nitrogens is 2. The first-order chi connectivity index (χ1) is 7.82. The molecule has 5 nitrogen and oxygen atoms in total. The van der Waals surface area contributed by atoms with Crippen molar-refractivity contribution in [2.45, 2.75) is 32.8 Å². The Balaban J connectivity index is 2.27. The molecule has 94 valence electrons. The lowest BCUT2D eigenvalue weighted by molar-refractivity contribution is 0.0571. The largest absolute Gasteiger partial charge is 0.388 e. The predicted octanol–water partition coefficient (Wildman–Crippen LogP) is 0.634. The molecule has 1 aliphatic rings. The van der Waals surface area contributed by atoms with E-state index >= 15 is 0 Å². The molecule has 1 aromatic rings. The van der Waals surface area contributed by atoms with Crippen LogP contribution in [-0.4, -0.2) is 44.4 Å².